The van der Waals surface area contributed by atoms with Crippen LogP contribution in [-0.4, -0.2) is 13.0 Å². The molecule has 15 heavy (non-hydrogen) atoms. The molecule has 0 spiro atoms. The first-order chi connectivity index (χ1) is 6.23. The second-order valence-electron chi connectivity index (χ2n) is 4.20. The van der Waals surface area contributed by atoms with Gasteiger partial charge in [-0.25, -0.2) is 8.42 Å². The molecule has 0 saturated heterocycles. The first-order valence-electron chi connectivity index (χ1n) is 4.28. The Morgan fingerprint density at radius 3 is 1.93 bits per heavy atom. The van der Waals surface area contributed by atoms with Crippen molar-refractivity contribution in [2.24, 2.45) is 0 Å². The summed E-state index contributed by atoms with van der Waals surface area (Å²) in [5.74, 6) is 0. The zero-order chi connectivity index (χ0) is 11.0. The van der Waals surface area contributed by atoms with Crippen LogP contribution in [0.3, 0.4) is 0 Å². The molecule has 5 heteroatoms. The number of hydrogen-bond donors (Lipinski definition) is 0. The second-order valence-corrected chi connectivity index (χ2v) is 5.55. The Bertz CT molecular complexity index is 432. The zero-order valence-electron chi connectivity index (χ0n) is 9.44. The summed E-state index contributed by atoms with van der Waals surface area (Å²) < 4.78 is 32.8. The van der Waals surface area contributed by atoms with Gasteiger partial charge in [-0.15, -0.1) is 0 Å². The summed E-state index contributed by atoms with van der Waals surface area (Å²) >= 11 is 0. The molecule has 3 nitrogen and oxygen atoms in total. The number of rotatable bonds is 1. The number of hydrogen-bond acceptors (Lipinski definition) is 3. The van der Waals surface area contributed by atoms with Gasteiger partial charge in [-0.05, 0) is 17.0 Å². The van der Waals surface area contributed by atoms with Crippen LogP contribution in [0.15, 0.2) is 29.2 Å². The largest absolute Gasteiger partial charge is 1.00 e. The zero-order valence-corrected chi connectivity index (χ0v) is 13.4. The maximum atomic E-state index is 10.9. The predicted molar refractivity (Wildman–Crippen MR) is 53.1 cm³/mol. The van der Waals surface area contributed by atoms with Gasteiger partial charge in [0.05, 0.1) is 4.90 Å². The minimum atomic E-state index is -4.37. The van der Waals surface area contributed by atoms with Gasteiger partial charge in [-0.1, -0.05) is 39.0 Å². The summed E-state index contributed by atoms with van der Waals surface area (Å²) in [6.07, 6.45) is 0. The Balaban J connectivity index is 0.00000196. The van der Waals surface area contributed by atoms with Gasteiger partial charge in [0.2, 0.25) is 0 Å². The third kappa shape index (κ3) is 4.26. The van der Waals surface area contributed by atoms with Crippen LogP contribution in [-0.2, 0) is 15.5 Å². The van der Waals surface area contributed by atoms with E-state index in [1.807, 2.05) is 20.8 Å². The maximum absolute atomic E-state index is 10.9. The SMILES string of the molecule is CC(C)(C)c1ccccc1S(=O)(=O)[O-].[K+]. The maximum Gasteiger partial charge on any atom is 1.00 e. The summed E-state index contributed by atoms with van der Waals surface area (Å²) in [4.78, 5) is -0.118. The van der Waals surface area contributed by atoms with Gasteiger partial charge >= 0.3 is 51.4 Å². The standard InChI is InChI=1S/C10H14O3S.K/c1-10(2,3)8-6-4-5-7-9(8)14(11,12)13;/h4-7H,1-3H3,(H,11,12,13);/q;+1/p-1. The first kappa shape index (κ1) is 15.8. The van der Waals surface area contributed by atoms with Gasteiger partial charge < -0.3 is 4.55 Å². The minimum Gasteiger partial charge on any atom is -0.744 e. The summed E-state index contributed by atoms with van der Waals surface area (Å²) in [5.41, 5.74) is 0.226. The molecule has 1 aromatic rings. The Hall–Kier alpha value is 0.766. The van der Waals surface area contributed by atoms with Gasteiger partial charge in [0.25, 0.3) is 0 Å². The van der Waals surface area contributed by atoms with E-state index in [0.29, 0.717) is 5.56 Å². The summed E-state index contributed by atoms with van der Waals surface area (Å²) in [6, 6.07) is 6.31. The molecule has 0 aliphatic rings. The van der Waals surface area contributed by atoms with Crippen LogP contribution < -0.4 is 51.4 Å². The fourth-order valence-electron chi connectivity index (χ4n) is 1.30. The molecule has 0 amide bonds. The summed E-state index contributed by atoms with van der Waals surface area (Å²) in [7, 11) is -4.37. The van der Waals surface area contributed by atoms with Crippen LogP contribution in [0.1, 0.15) is 26.3 Å². The van der Waals surface area contributed by atoms with E-state index >= 15 is 0 Å². The Kier molecular flexibility index (Phi) is 5.67. The molecule has 0 N–H and O–H groups in total. The quantitative estimate of drug-likeness (QED) is 0.470. The topological polar surface area (TPSA) is 57.2 Å². The molecular weight excluding hydrogens is 239 g/mol. The molecule has 1 aromatic carbocycles. The van der Waals surface area contributed by atoms with E-state index in [0.717, 1.165) is 0 Å². The van der Waals surface area contributed by atoms with E-state index < -0.39 is 10.1 Å². The van der Waals surface area contributed by atoms with Crippen molar-refractivity contribution in [3.63, 3.8) is 0 Å². The second kappa shape index (κ2) is 5.40. The van der Waals surface area contributed by atoms with Crippen LogP contribution in [0.2, 0.25) is 0 Å². The van der Waals surface area contributed by atoms with Gasteiger partial charge in [-0.3, -0.25) is 0 Å². The molecule has 0 atom stereocenters. The third-order valence-corrected chi connectivity index (χ3v) is 2.86. The van der Waals surface area contributed by atoms with Crippen molar-refractivity contribution in [1.29, 1.82) is 0 Å². The fraction of sp³-hybridized carbons (Fsp3) is 0.400. The van der Waals surface area contributed by atoms with Crippen LogP contribution in [0.25, 0.3) is 0 Å². The van der Waals surface area contributed by atoms with Gasteiger partial charge in [0.15, 0.2) is 0 Å². The smallest absolute Gasteiger partial charge is 0.744 e. The minimum absolute atomic E-state index is 0. The van der Waals surface area contributed by atoms with Gasteiger partial charge in [0.1, 0.15) is 10.1 Å². The van der Waals surface area contributed by atoms with Crippen LogP contribution in [0.4, 0.5) is 0 Å². The molecule has 0 saturated carbocycles. The normalized spacial score (nSPS) is 12.0. The Labute approximate surface area is 133 Å². The molecule has 0 unspecified atom stereocenters. The molecule has 0 radical (unpaired) electrons. The van der Waals surface area contributed by atoms with Crippen molar-refractivity contribution >= 4 is 10.1 Å². The summed E-state index contributed by atoms with van der Waals surface area (Å²) in [5, 5.41) is 0. The molecule has 0 aliphatic heterocycles. The molecule has 0 fully saturated rings. The molecule has 1 rings (SSSR count). The van der Waals surface area contributed by atoms with Crippen molar-refractivity contribution in [2.75, 3.05) is 0 Å². The van der Waals surface area contributed by atoms with Crippen LogP contribution >= 0.6 is 0 Å². The molecule has 0 bridgehead atoms. The van der Waals surface area contributed by atoms with E-state index in [4.69, 9.17) is 0 Å². The van der Waals surface area contributed by atoms with Crippen molar-refractivity contribution in [3.05, 3.63) is 29.8 Å². The van der Waals surface area contributed by atoms with Crippen LogP contribution in [0, 0.1) is 0 Å². The van der Waals surface area contributed by atoms with Crippen molar-refractivity contribution in [2.45, 2.75) is 31.1 Å². The van der Waals surface area contributed by atoms with Gasteiger partial charge in [-0.2, -0.15) is 0 Å². The van der Waals surface area contributed by atoms with Crippen molar-refractivity contribution < 1.29 is 64.4 Å². The third-order valence-electron chi connectivity index (χ3n) is 1.96. The van der Waals surface area contributed by atoms with Crippen LogP contribution in [0.5, 0.6) is 0 Å². The Morgan fingerprint density at radius 1 is 1.13 bits per heavy atom. The van der Waals surface area contributed by atoms with Crippen molar-refractivity contribution in [3.8, 4) is 0 Å². The van der Waals surface area contributed by atoms with E-state index in [1.165, 1.54) is 6.07 Å². The van der Waals surface area contributed by atoms with E-state index in [-0.39, 0.29) is 61.7 Å². The Morgan fingerprint density at radius 2 is 1.60 bits per heavy atom. The van der Waals surface area contributed by atoms with Gasteiger partial charge in [0, 0.05) is 0 Å². The average Bonchev–Trinajstić information content (AvgIpc) is 2.01. The number of benzene rings is 1. The molecular formula is C10H13KO3S. The van der Waals surface area contributed by atoms with E-state index in [2.05, 4.69) is 0 Å². The molecule has 78 valence electrons. The average molecular weight is 252 g/mol. The monoisotopic (exact) mass is 252 g/mol. The predicted octanol–water partition coefficient (Wildman–Crippen LogP) is -1.11. The summed E-state index contributed by atoms with van der Waals surface area (Å²) in [6.45, 7) is 5.62. The van der Waals surface area contributed by atoms with Crippen molar-refractivity contribution in [1.82, 2.24) is 0 Å². The van der Waals surface area contributed by atoms with E-state index in [1.54, 1.807) is 18.2 Å². The molecule has 0 heterocycles. The van der Waals surface area contributed by atoms with E-state index in [9.17, 15) is 13.0 Å². The first-order valence-corrected chi connectivity index (χ1v) is 5.69. The molecule has 0 aliphatic carbocycles. The fourth-order valence-corrected chi connectivity index (χ4v) is 2.19. The molecule has 0 aromatic heterocycles.